The Morgan fingerprint density at radius 2 is 2.27 bits per heavy atom. The van der Waals surface area contributed by atoms with E-state index in [1.807, 2.05) is 0 Å². The molecule has 5 nitrogen and oxygen atoms in total. The quantitative estimate of drug-likeness (QED) is 0.824. The third-order valence-electron chi connectivity index (χ3n) is 4.04. The molecule has 0 radical (unpaired) electrons. The maximum absolute atomic E-state index is 11.1. The lowest BCUT2D eigenvalue weighted by molar-refractivity contribution is 0.162. The summed E-state index contributed by atoms with van der Waals surface area (Å²) < 4.78 is 24.8. The van der Waals surface area contributed by atoms with Gasteiger partial charge in [-0.25, -0.2) is 18.1 Å². The molecule has 1 aliphatic heterocycles. The summed E-state index contributed by atoms with van der Waals surface area (Å²) in [7, 11) is -3.06. The Labute approximate surface area is 138 Å². The van der Waals surface area contributed by atoms with Crippen molar-refractivity contribution >= 4 is 21.4 Å². The summed E-state index contributed by atoms with van der Waals surface area (Å²) in [6, 6.07) is 0. The molecule has 0 saturated carbocycles. The Balaban J connectivity index is 1.79. The average Bonchev–Trinajstić information content (AvgIpc) is 2.86. The molecular weight excluding hydrogens is 318 g/mol. The van der Waals surface area contributed by atoms with Gasteiger partial charge >= 0.3 is 0 Å². The first-order chi connectivity index (χ1) is 10.3. The second-order valence-electron chi connectivity index (χ2n) is 6.52. The Morgan fingerprint density at radius 3 is 2.91 bits per heavy atom. The minimum Gasteiger partial charge on any atom is -0.296 e. The summed E-state index contributed by atoms with van der Waals surface area (Å²) in [4.78, 5) is 7.16. The van der Waals surface area contributed by atoms with Crippen molar-refractivity contribution in [1.29, 1.82) is 0 Å². The van der Waals surface area contributed by atoms with Crippen molar-refractivity contribution in [1.82, 2.24) is 14.6 Å². The molecule has 1 saturated heterocycles. The van der Waals surface area contributed by atoms with Crippen molar-refractivity contribution in [2.45, 2.75) is 45.6 Å². The van der Waals surface area contributed by atoms with E-state index >= 15 is 0 Å². The van der Waals surface area contributed by atoms with Crippen LogP contribution >= 0.6 is 11.3 Å². The maximum atomic E-state index is 11.1. The van der Waals surface area contributed by atoms with Crippen LogP contribution in [0.15, 0.2) is 5.38 Å². The third kappa shape index (κ3) is 5.95. The lowest BCUT2D eigenvalue weighted by Crippen LogP contribution is -2.36. The number of piperidine rings is 1. The monoisotopic (exact) mass is 345 g/mol. The van der Waals surface area contributed by atoms with E-state index < -0.39 is 10.0 Å². The predicted octanol–water partition coefficient (Wildman–Crippen LogP) is 2.42. The summed E-state index contributed by atoms with van der Waals surface area (Å²) in [6.07, 6.45) is 4.51. The summed E-state index contributed by atoms with van der Waals surface area (Å²) in [5.41, 5.74) is 1.19. The smallest absolute Gasteiger partial charge is 0.208 e. The van der Waals surface area contributed by atoms with Gasteiger partial charge in [-0.3, -0.25) is 4.90 Å². The van der Waals surface area contributed by atoms with Crippen LogP contribution in [0.4, 0.5) is 0 Å². The molecule has 0 spiro atoms. The highest BCUT2D eigenvalue weighted by molar-refractivity contribution is 7.88. The topological polar surface area (TPSA) is 62.3 Å². The zero-order valence-electron chi connectivity index (χ0n) is 13.7. The summed E-state index contributed by atoms with van der Waals surface area (Å²) in [5.74, 6) is 1.06. The zero-order valence-corrected chi connectivity index (χ0v) is 15.3. The van der Waals surface area contributed by atoms with Crippen LogP contribution in [0.25, 0.3) is 0 Å². The number of sulfonamides is 1. The first-order valence-corrected chi connectivity index (χ1v) is 10.7. The molecule has 0 aromatic carbocycles. The number of aromatic nitrogens is 1. The van der Waals surface area contributed by atoms with Crippen molar-refractivity contribution in [3.05, 3.63) is 16.1 Å². The number of thiazole rings is 1. The molecule has 1 N–H and O–H groups in total. The van der Waals surface area contributed by atoms with E-state index in [0.29, 0.717) is 18.4 Å². The molecule has 1 fully saturated rings. The van der Waals surface area contributed by atoms with Gasteiger partial charge in [-0.15, -0.1) is 11.3 Å². The molecule has 0 aliphatic carbocycles. The van der Waals surface area contributed by atoms with Crippen LogP contribution in [0.2, 0.25) is 0 Å². The lowest BCUT2D eigenvalue weighted by Gasteiger charge is -2.32. The van der Waals surface area contributed by atoms with Crippen LogP contribution in [-0.2, 0) is 16.6 Å². The van der Waals surface area contributed by atoms with E-state index in [4.69, 9.17) is 4.98 Å². The molecule has 2 rings (SSSR count). The first-order valence-electron chi connectivity index (χ1n) is 7.95. The van der Waals surface area contributed by atoms with Crippen molar-refractivity contribution in [2.24, 2.45) is 5.92 Å². The number of rotatable bonds is 7. The van der Waals surface area contributed by atoms with Crippen LogP contribution in [0, 0.1) is 5.92 Å². The summed E-state index contributed by atoms with van der Waals surface area (Å²) in [6.45, 7) is 7.98. The second kappa shape index (κ2) is 7.86. The number of likely N-dealkylation sites (tertiary alicyclic amines) is 1. The minimum absolute atomic E-state index is 0.487. The molecule has 126 valence electrons. The van der Waals surface area contributed by atoms with E-state index in [2.05, 4.69) is 28.8 Å². The molecule has 2 heterocycles. The Kier molecular flexibility index (Phi) is 6.37. The van der Waals surface area contributed by atoms with Crippen molar-refractivity contribution < 1.29 is 8.42 Å². The van der Waals surface area contributed by atoms with E-state index in [1.165, 1.54) is 29.8 Å². The number of nitrogens with zero attached hydrogens (tertiary/aromatic N) is 2. The van der Waals surface area contributed by atoms with Gasteiger partial charge in [0.15, 0.2) is 0 Å². The van der Waals surface area contributed by atoms with Crippen molar-refractivity contribution in [3.63, 3.8) is 0 Å². The van der Waals surface area contributed by atoms with Crippen LogP contribution in [-0.4, -0.2) is 44.2 Å². The molecule has 1 aromatic heterocycles. The highest BCUT2D eigenvalue weighted by atomic mass is 32.2. The van der Waals surface area contributed by atoms with Crippen LogP contribution in [0.3, 0.4) is 0 Å². The maximum Gasteiger partial charge on any atom is 0.208 e. The fourth-order valence-electron chi connectivity index (χ4n) is 2.83. The molecule has 7 heteroatoms. The lowest BCUT2D eigenvalue weighted by atomic mass is 9.95. The normalized spacial score (nSPS) is 20.6. The number of hydrogen-bond acceptors (Lipinski definition) is 5. The second-order valence-corrected chi connectivity index (χ2v) is 9.30. The van der Waals surface area contributed by atoms with E-state index in [-0.39, 0.29) is 0 Å². The van der Waals surface area contributed by atoms with E-state index in [9.17, 15) is 8.42 Å². The van der Waals surface area contributed by atoms with Crippen molar-refractivity contribution in [2.75, 3.05) is 25.9 Å². The standard InChI is InChI=1S/C15H27N3O2S2/c1-12(2)14-11-21-15(17-14)10-18-8-4-5-13(9-18)6-7-16-22(3,19)20/h11-13,16H,4-10H2,1-3H3. The fraction of sp³-hybridized carbons (Fsp3) is 0.800. The fourth-order valence-corrected chi connectivity index (χ4v) is 4.32. The Bertz CT molecular complexity index is 569. The van der Waals surface area contributed by atoms with Gasteiger partial charge in [-0.05, 0) is 37.6 Å². The predicted molar refractivity (Wildman–Crippen MR) is 91.7 cm³/mol. The van der Waals surface area contributed by atoms with Gasteiger partial charge in [0.25, 0.3) is 0 Å². The van der Waals surface area contributed by atoms with Crippen molar-refractivity contribution in [3.8, 4) is 0 Å². The van der Waals surface area contributed by atoms with Gasteiger partial charge in [0.05, 0.1) is 18.5 Å². The number of nitrogens with one attached hydrogen (secondary N) is 1. The largest absolute Gasteiger partial charge is 0.296 e. The average molecular weight is 346 g/mol. The van der Waals surface area contributed by atoms with E-state index in [0.717, 1.165) is 26.1 Å². The molecule has 1 aliphatic rings. The summed E-state index contributed by atoms with van der Waals surface area (Å²) in [5, 5.41) is 3.36. The molecule has 0 amide bonds. The Morgan fingerprint density at radius 1 is 1.50 bits per heavy atom. The van der Waals surface area contributed by atoms with Gasteiger partial charge in [-0.1, -0.05) is 13.8 Å². The highest BCUT2D eigenvalue weighted by Crippen LogP contribution is 2.23. The number of hydrogen-bond donors (Lipinski definition) is 1. The van der Waals surface area contributed by atoms with Gasteiger partial charge in [0, 0.05) is 18.5 Å². The SMILES string of the molecule is CC(C)c1csc(CN2CCCC(CCNS(C)(=O)=O)C2)n1. The van der Waals surface area contributed by atoms with Gasteiger partial charge in [0.1, 0.15) is 5.01 Å². The molecule has 0 bridgehead atoms. The molecular formula is C15H27N3O2S2. The van der Waals surface area contributed by atoms with Crippen LogP contribution in [0.5, 0.6) is 0 Å². The first kappa shape index (κ1) is 17.8. The summed E-state index contributed by atoms with van der Waals surface area (Å²) >= 11 is 1.75. The Hall–Kier alpha value is -0.500. The minimum atomic E-state index is -3.06. The highest BCUT2D eigenvalue weighted by Gasteiger charge is 2.21. The van der Waals surface area contributed by atoms with Gasteiger partial charge < -0.3 is 0 Å². The molecule has 1 aromatic rings. The molecule has 22 heavy (non-hydrogen) atoms. The van der Waals surface area contributed by atoms with Crippen LogP contribution in [0.1, 0.15) is 49.7 Å². The van der Waals surface area contributed by atoms with Gasteiger partial charge in [0.2, 0.25) is 10.0 Å². The third-order valence-corrected chi connectivity index (χ3v) is 5.62. The molecule has 1 atom stereocenters. The molecule has 1 unspecified atom stereocenters. The van der Waals surface area contributed by atoms with Gasteiger partial charge in [-0.2, -0.15) is 0 Å². The zero-order chi connectivity index (χ0) is 16.2. The van der Waals surface area contributed by atoms with Crippen LogP contribution < -0.4 is 4.72 Å². The van der Waals surface area contributed by atoms with E-state index in [1.54, 1.807) is 11.3 Å².